The molecule has 0 unspecified atom stereocenters. The largest absolute Gasteiger partial charge is 0.323 e. The van der Waals surface area contributed by atoms with Crippen molar-refractivity contribution in [3.63, 3.8) is 0 Å². The molecule has 0 atom stereocenters. The molecule has 8 heteroatoms. The third kappa shape index (κ3) is 4.76. The van der Waals surface area contributed by atoms with Crippen molar-refractivity contribution in [3.05, 3.63) is 12.4 Å². The van der Waals surface area contributed by atoms with Gasteiger partial charge in [0, 0.05) is 12.1 Å². The number of amides is 1. The Hall–Kier alpha value is -1.21. The fourth-order valence-corrected chi connectivity index (χ4v) is 2.00. The molecule has 2 N–H and O–H groups in total. The van der Waals surface area contributed by atoms with Crippen LogP contribution in [0.2, 0.25) is 0 Å². The molecule has 1 aliphatic rings. The predicted octanol–water partition coefficient (Wildman–Crippen LogP) is 1.51. The molecule has 108 valence electrons. The summed E-state index contributed by atoms with van der Waals surface area (Å²) in [5.74, 6) is -0.0715. The lowest BCUT2D eigenvalue weighted by Gasteiger charge is -2.21. The van der Waals surface area contributed by atoms with Crippen LogP contribution in [0.1, 0.15) is 12.8 Å². The first kappa shape index (κ1) is 15.8. The van der Waals surface area contributed by atoms with Gasteiger partial charge in [0.05, 0.1) is 11.9 Å². The highest BCUT2D eigenvalue weighted by Crippen LogP contribution is 2.15. The number of nitrogens with zero attached hydrogens (tertiary/aromatic N) is 2. The second kappa shape index (κ2) is 7.40. The van der Waals surface area contributed by atoms with Gasteiger partial charge in [-0.1, -0.05) is 0 Å². The molecule has 0 spiro atoms. The predicted molar refractivity (Wildman–Crippen MR) is 69.7 cm³/mol. The number of hydrogen-bond donors (Lipinski definition) is 2. The van der Waals surface area contributed by atoms with Crippen LogP contribution < -0.4 is 10.6 Å². The average molecular weight is 295 g/mol. The fraction of sp³-hybridized carbons (Fsp3) is 0.636. The van der Waals surface area contributed by atoms with Gasteiger partial charge in [0.15, 0.2) is 0 Å². The fourth-order valence-electron chi connectivity index (χ4n) is 2.00. The van der Waals surface area contributed by atoms with Crippen molar-refractivity contribution in [2.24, 2.45) is 5.92 Å². The number of rotatable bonds is 4. The Morgan fingerprint density at radius 1 is 1.53 bits per heavy atom. The Labute approximate surface area is 116 Å². The molecular formula is C11H17ClF2N4O. The van der Waals surface area contributed by atoms with Crippen LogP contribution in [-0.2, 0) is 11.3 Å². The number of nitrogens with one attached hydrogen (secondary N) is 2. The summed E-state index contributed by atoms with van der Waals surface area (Å²) >= 11 is 0. The number of halogens is 3. The molecule has 0 saturated carbocycles. The van der Waals surface area contributed by atoms with E-state index in [1.54, 1.807) is 0 Å². The van der Waals surface area contributed by atoms with E-state index in [1.165, 1.54) is 12.4 Å². The maximum atomic E-state index is 12.1. The Morgan fingerprint density at radius 2 is 2.21 bits per heavy atom. The minimum Gasteiger partial charge on any atom is -0.323 e. The summed E-state index contributed by atoms with van der Waals surface area (Å²) in [6.07, 6.45) is 1.97. The second-order valence-corrected chi connectivity index (χ2v) is 4.36. The number of carbonyl (C=O) groups excluding carboxylic acids is 1. The van der Waals surface area contributed by atoms with Gasteiger partial charge in [0.1, 0.15) is 6.54 Å². The summed E-state index contributed by atoms with van der Waals surface area (Å²) in [5.41, 5.74) is 0.471. The number of alkyl halides is 2. The quantitative estimate of drug-likeness (QED) is 0.885. The molecule has 5 nitrogen and oxygen atoms in total. The van der Waals surface area contributed by atoms with Gasteiger partial charge in [-0.15, -0.1) is 12.4 Å². The molecule has 1 saturated heterocycles. The molecule has 2 heterocycles. The molecule has 0 aromatic carbocycles. The van der Waals surface area contributed by atoms with Gasteiger partial charge in [0.25, 0.3) is 6.43 Å². The van der Waals surface area contributed by atoms with Gasteiger partial charge in [-0.05, 0) is 25.9 Å². The lowest BCUT2D eigenvalue weighted by Crippen LogP contribution is -2.34. The number of anilines is 1. The van der Waals surface area contributed by atoms with Crippen molar-refractivity contribution in [2.75, 3.05) is 18.4 Å². The van der Waals surface area contributed by atoms with Gasteiger partial charge in [-0.3, -0.25) is 9.48 Å². The Bertz CT molecular complexity index is 407. The molecular weight excluding hydrogens is 278 g/mol. The first-order valence-corrected chi connectivity index (χ1v) is 5.97. The number of carbonyl (C=O) groups is 1. The standard InChI is InChI=1S/C11H16F2N4O.ClH/c12-10(13)7-17-6-9(5-15-17)16-11(18)8-1-3-14-4-2-8;/h5-6,8,10,14H,1-4,7H2,(H,16,18);1H. The summed E-state index contributed by atoms with van der Waals surface area (Å²) in [6, 6.07) is 0. The van der Waals surface area contributed by atoms with Crippen LogP contribution in [0.4, 0.5) is 14.5 Å². The van der Waals surface area contributed by atoms with Gasteiger partial charge < -0.3 is 10.6 Å². The van der Waals surface area contributed by atoms with Crippen LogP contribution in [0, 0.1) is 5.92 Å². The smallest absolute Gasteiger partial charge is 0.257 e. The zero-order valence-corrected chi connectivity index (χ0v) is 11.1. The highest BCUT2D eigenvalue weighted by molar-refractivity contribution is 5.92. The van der Waals surface area contributed by atoms with Crippen molar-refractivity contribution in [1.82, 2.24) is 15.1 Å². The first-order valence-electron chi connectivity index (χ1n) is 5.97. The topological polar surface area (TPSA) is 59.0 Å². The van der Waals surface area contributed by atoms with Crippen molar-refractivity contribution in [3.8, 4) is 0 Å². The number of aromatic nitrogens is 2. The van der Waals surface area contributed by atoms with Crippen LogP contribution in [0.25, 0.3) is 0 Å². The highest BCUT2D eigenvalue weighted by atomic mass is 35.5. The molecule has 2 rings (SSSR count). The zero-order valence-electron chi connectivity index (χ0n) is 10.3. The first-order chi connectivity index (χ1) is 8.65. The van der Waals surface area contributed by atoms with Gasteiger partial charge in [0.2, 0.25) is 5.91 Å². The summed E-state index contributed by atoms with van der Waals surface area (Å²) in [7, 11) is 0. The van der Waals surface area contributed by atoms with Gasteiger partial charge in [-0.25, -0.2) is 8.78 Å². The van der Waals surface area contributed by atoms with E-state index in [9.17, 15) is 13.6 Å². The van der Waals surface area contributed by atoms with Crippen molar-refractivity contribution < 1.29 is 13.6 Å². The van der Waals surface area contributed by atoms with E-state index in [4.69, 9.17) is 0 Å². The number of piperidine rings is 1. The normalized spacial score (nSPS) is 16.2. The molecule has 1 amide bonds. The summed E-state index contributed by atoms with van der Waals surface area (Å²) in [4.78, 5) is 11.9. The number of hydrogen-bond acceptors (Lipinski definition) is 3. The van der Waals surface area contributed by atoms with E-state index in [-0.39, 0.29) is 24.2 Å². The molecule has 1 aromatic rings. The molecule has 0 aliphatic carbocycles. The maximum absolute atomic E-state index is 12.1. The van der Waals surface area contributed by atoms with Crippen LogP contribution in [-0.4, -0.2) is 35.2 Å². The molecule has 0 bridgehead atoms. The third-order valence-corrected chi connectivity index (χ3v) is 2.94. The van der Waals surface area contributed by atoms with E-state index in [0.29, 0.717) is 5.69 Å². The van der Waals surface area contributed by atoms with Crippen molar-refractivity contribution in [2.45, 2.75) is 25.8 Å². The van der Waals surface area contributed by atoms with Gasteiger partial charge in [-0.2, -0.15) is 5.10 Å². The zero-order chi connectivity index (χ0) is 13.0. The molecule has 1 fully saturated rings. The molecule has 0 radical (unpaired) electrons. The SMILES string of the molecule is Cl.O=C(Nc1cnn(CC(F)F)c1)C1CCNCC1. The van der Waals surface area contributed by atoms with E-state index >= 15 is 0 Å². The molecule has 19 heavy (non-hydrogen) atoms. The summed E-state index contributed by atoms with van der Waals surface area (Å²) in [5, 5.41) is 9.65. The average Bonchev–Trinajstić information content (AvgIpc) is 2.76. The van der Waals surface area contributed by atoms with Crippen LogP contribution in [0.3, 0.4) is 0 Å². The Balaban J connectivity index is 0.00000180. The Kier molecular flexibility index (Phi) is 6.17. The van der Waals surface area contributed by atoms with Crippen molar-refractivity contribution in [1.29, 1.82) is 0 Å². The highest BCUT2D eigenvalue weighted by Gasteiger charge is 2.21. The third-order valence-electron chi connectivity index (χ3n) is 2.94. The molecule has 1 aromatic heterocycles. The lowest BCUT2D eigenvalue weighted by molar-refractivity contribution is -0.120. The van der Waals surface area contributed by atoms with Crippen molar-refractivity contribution >= 4 is 24.0 Å². The van der Waals surface area contributed by atoms with Crippen LogP contribution in [0.15, 0.2) is 12.4 Å². The lowest BCUT2D eigenvalue weighted by atomic mass is 9.97. The maximum Gasteiger partial charge on any atom is 0.257 e. The second-order valence-electron chi connectivity index (χ2n) is 4.36. The van der Waals surface area contributed by atoms with E-state index in [1.807, 2.05) is 0 Å². The van der Waals surface area contributed by atoms with Crippen LogP contribution in [0.5, 0.6) is 0 Å². The summed E-state index contributed by atoms with van der Waals surface area (Å²) < 4.78 is 25.4. The van der Waals surface area contributed by atoms with Gasteiger partial charge >= 0.3 is 0 Å². The van der Waals surface area contributed by atoms with Crippen LogP contribution >= 0.6 is 12.4 Å². The monoisotopic (exact) mass is 294 g/mol. The molecule has 1 aliphatic heterocycles. The van der Waals surface area contributed by atoms with E-state index < -0.39 is 13.0 Å². The minimum atomic E-state index is -2.45. The minimum absolute atomic E-state index is 0. The summed E-state index contributed by atoms with van der Waals surface area (Å²) in [6.45, 7) is 1.22. The van der Waals surface area contributed by atoms with E-state index in [0.717, 1.165) is 30.6 Å². The Morgan fingerprint density at radius 3 is 2.84 bits per heavy atom. The van der Waals surface area contributed by atoms with E-state index in [2.05, 4.69) is 15.7 Å².